The van der Waals surface area contributed by atoms with E-state index in [9.17, 15) is 0 Å². The van der Waals surface area contributed by atoms with Crippen LogP contribution in [0.15, 0.2) is 12.1 Å². The molecule has 0 fully saturated rings. The zero-order chi connectivity index (χ0) is 13.7. The van der Waals surface area contributed by atoms with Crippen LogP contribution in [0.3, 0.4) is 0 Å². The zero-order valence-electron chi connectivity index (χ0n) is 14.3. The molecule has 1 aromatic carbocycles. The fourth-order valence-corrected chi connectivity index (χ4v) is 2.36. The molecule has 1 rings (SSSR count). The molecule has 0 aliphatic carbocycles. The summed E-state index contributed by atoms with van der Waals surface area (Å²) in [5.74, 6) is 1.39. The van der Waals surface area contributed by atoms with Crippen molar-refractivity contribution in [3.63, 3.8) is 0 Å². The maximum atomic E-state index is 2.47. The van der Waals surface area contributed by atoms with Gasteiger partial charge in [0, 0.05) is 0 Å². The van der Waals surface area contributed by atoms with Crippen molar-refractivity contribution < 1.29 is 46.5 Å². The van der Waals surface area contributed by atoms with E-state index in [0.717, 1.165) is 6.54 Å². The average Bonchev–Trinajstić information content (AvgIpc) is 2.78. The maximum Gasteiger partial charge on any atom is 3.00 e. The van der Waals surface area contributed by atoms with Crippen LogP contribution in [0.2, 0.25) is 0 Å². The fraction of sp³-hybridized carbons (Fsp3) is 0.706. The predicted octanol–water partition coefficient (Wildman–Crippen LogP) is -1.46. The number of likely N-dealkylation sites (N-methyl/N-ethyl adjacent to an activating group) is 1. The summed E-state index contributed by atoms with van der Waals surface area (Å²) in [5.41, 5.74) is 4.71. The normalized spacial score (nSPS) is 12.9. The summed E-state index contributed by atoms with van der Waals surface area (Å²) >= 11 is 0. The second-order valence-corrected chi connectivity index (χ2v) is 5.94. The molecule has 2 unspecified atom stereocenters. The Hall–Kier alpha value is 0.604. The van der Waals surface area contributed by atoms with Crippen LogP contribution in [0.5, 0.6) is 0 Å². The van der Waals surface area contributed by atoms with Gasteiger partial charge in [0.25, 0.3) is 0 Å². The summed E-state index contributed by atoms with van der Waals surface area (Å²) < 4.78 is 0. The molecule has 0 bridgehead atoms. The Morgan fingerprint density at radius 3 is 2.00 bits per heavy atom. The van der Waals surface area contributed by atoms with E-state index in [1.54, 1.807) is 16.7 Å². The minimum absolute atomic E-state index is 0. The maximum absolute atomic E-state index is 2.47. The van der Waals surface area contributed by atoms with E-state index in [1.807, 2.05) is 0 Å². The molecule has 0 heterocycles. The van der Waals surface area contributed by atoms with Gasteiger partial charge < -0.3 is 29.7 Å². The summed E-state index contributed by atoms with van der Waals surface area (Å²) in [6.07, 6.45) is 3.65. The Bertz CT molecular complexity index is 364. The topological polar surface area (TPSA) is 3.24 Å². The molecule has 1 nitrogen and oxygen atoms in total. The van der Waals surface area contributed by atoms with E-state index < -0.39 is 0 Å². The van der Waals surface area contributed by atoms with Gasteiger partial charge in [-0.25, -0.2) is 6.07 Å². The van der Waals surface area contributed by atoms with E-state index in [4.69, 9.17) is 0 Å². The Morgan fingerprint density at radius 1 is 1.05 bits per heavy atom. The summed E-state index contributed by atoms with van der Waals surface area (Å²) in [6, 6.07) is 4.92. The first kappa shape index (κ1) is 26.5. The van der Waals surface area contributed by atoms with Crippen LogP contribution in [0, 0.1) is 0 Å². The monoisotopic (exact) mass is 366 g/mol. The predicted molar refractivity (Wildman–Crippen MR) is 81.7 cm³/mol. The quantitative estimate of drug-likeness (QED) is 0.421. The van der Waals surface area contributed by atoms with Crippen molar-refractivity contribution in [2.24, 2.45) is 0 Å². The van der Waals surface area contributed by atoms with Crippen molar-refractivity contribution in [1.29, 1.82) is 0 Å². The molecule has 0 spiro atoms. The molecule has 0 aliphatic heterocycles. The molecule has 21 heavy (non-hydrogen) atoms. The van der Waals surface area contributed by atoms with Gasteiger partial charge in [0.15, 0.2) is 0 Å². The van der Waals surface area contributed by atoms with E-state index in [0.29, 0.717) is 11.8 Å². The molecule has 0 aromatic heterocycles. The van der Waals surface area contributed by atoms with Crippen molar-refractivity contribution >= 4 is 0 Å². The molecule has 121 valence electrons. The molecule has 0 saturated heterocycles. The van der Waals surface area contributed by atoms with E-state index in [1.165, 1.54) is 19.3 Å². The molecule has 1 aromatic rings. The van der Waals surface area contributed by atoms with Gasteiger partial charge in [-0.2, -0.15) is 22.8 Å². The standard InChI is InChI=1S/C17H30N.2ClH.Ti/c1-7-13(3)16-11-15(9-10-18(5)6)17(12-16)14(4)8-2;;;/h11-14H,7-10H2,1-6H3;2*1H;/q-1;;;+3/p-2. The van der Waals surface area contributed by atoms with Gasteiger partial charge in [0.1, 0.15) is 0 Å². The van der Waals surface area contributed by atoms with Gasteiger partial charge in [0.2, 0.25) is 0 Å². The first-order valence-electron chi connectivity index (χ1n) is 7.43. The van der Waals surface area contributed by atoms with Crippen LogP contribution in [0.25, 0.3) is 0 Å². The number of hydrogen-bond acceptors (Lipinski definition) is 1. The molecule has 4 heteroatoms. The third-order valence-corrected chi connectivity index (χ3v) is 4.19. The smallest absolute Gasteiger partial charge is 1.00 e. The van der Waals surface area contributed by atoms with Crippen LogP contribution >= 0.6 is 0 Å². The van der Waals surface area contributed by atoms with Gasteiger partial charge in [-0.1, -0.05) is 52.9 Å². The van der Waals surface area contributed by atoms with Crippen molar-refractivity contribution in [1.82, 2.24) is 4.90 Å². The second-order valence-electron chi connectivity index (χ2n) is 5.94. The Kier molecular flexibility index (Phi) is 16.5. The third kappa shape index (κ3) is 8.14. The first-order valence-corrected chi connectivity index (χ1v) is 7.43. The van der Waals surface area contributed by atoms with Crippen LogP contribution < -0.4 is 24.8 Å². The minimum atomic E-state index is 0. The Balaban J connectivity index is -0.00000108. The largest absolute Gasteiger partial charge is 3.00 e. The summed E-state index contributed by atoms with van der Waals surface area (Å²) in [4.78, 5) is 2.27. The van der Waals surface area contributed by atoms with Gasteiger partial charge >= 0.3 is 21.7 Å². The van der Waals surface area contributed by atoms with Crippen molar-refractivity contribution in [3.8, 4) is 0 Å². The molecule has 0 saturated carbocycles. The molecule has 0 amide bonds. The number of nitrogens with zero attached hydrogens (tertiary/aromatic N) is 1. The van der Waals surface area contributed by atoms with Crippen LogP contribution in [-0.4, -0.2) is 25.5 Å². The third-order valence-electron chi connectivity index (χ3n) is 4.19. The van der Waals surface area contributed by atoms with Crippen molar-refractivity contribution in [2.75, 3.05) is 20.6 Å². The van der Waals surface area contributed by atoms with E-state index in [2.05, 4.69) is 58.8 Å². The number of rotatable bonds is 7. The molecule has 1 radical (unpaired) electrons. The Morgan fingerprint density at radius 2 is 1.57 bits per heavy atom. The average molecular weight is 367 g/mol. The fourth-order valence-electron chi connectivity index (χ4n) is 2.36. The van der Waals surface area contributed by atoms with Gasteiger partial charge in [-0.05, 0) is 26.6 Å². The van der Waals surface area contributed by atoms with Crippen molar-refractivity contribution in [3.05, 3.63) is 28.8 Å². The SMILES string of the molecule is CCC(C)c1cc(C(C)CC)[c-](CCN(C)C)c1.[Cl-].[Cl-].[Ti+3]. The van der Waals surface area contributed by atoms with Crippen LogP contribution in [-0.2, 0) is 28.1 Å². The summed E-state index contributed by atoms with van der Waals surface area (Å²) in [7, 11) is 4.31. The second kappa shape index (κ2) is 13.1. The summed E-state index contributed by atoms with van der Waals surface area (Å²) in [6.45, 7) is 10.4. The van der Waals surface area contributed by atoms with Gasteiger partial charge in [0.05, 0.1) is 0 Å². The minimum Gasteiger partial charge on any atom is -1.00 e. The van der Waals surface area contributed by atoms with E-state index in [-0.39, 0.29) is 46.5 Å². The van der Waals surface area contributed by atoms with Gasteiger partial charge in [-0.15, -0.1) is 0 Å². The first-order chi connectivity index (χ1) is 8.49. The van der Waals surface area contributed by atoms with Crippen LogP contribution in [0.4, 0.5) is 0 Å². The molecular weight excluding hydrogens is 337 g/mol. The van der Waals surface area contributed by atoms with E-state index >= 15 is 0 Å². The number of halogens is 2. The zero-order valence-corrected chi connectivity index (χ0v) is 17.4. The summed E-state index contributed by atoms with van der Waals surface area (Å²) in [5, 5.41) is 0. The number of hydrogen-bond donors (Lipinski definition) is 0. The van der Waals surface area contributed by atoms with Crippen molar-refractivity contribution in [2.45, 2.75) is 58.8 Å². The Labute approximate surface area is 159 Å². The van der Waals surface area contributed by atoms with Gasteiger partial charge in [-0.3, -0.25) is 0 Å². The molecule has 0 aliphatic rings. The molecular formula is C17H30Cl2NTi. The molecule has 0 N–H and O–H groups in total. The molecule has 2 atom stereocenters. The van der Waals surface area contributed by atoms with Crippen LogP contribution in [0.1, 0.15) is 69.1 Å².